The van der Waals surface area contributed by atoms with Gasteiger partial charge in [0.2, 0.25) is 0 Å². The number of hydrogen-bond acceptors (Lipinski definition) is 1. The predicted molar refractivity (Wildman–Crippen MR) is 79.5 cm³/mol. The average molecular weight is 289 g/mol. The van der Waals surface area contributed by atoms with Gasteiger partial charge in [-0.1, -0.05) is 24.0 Å². The lowest BCUT2D eigenvalue weighted by atomic mass is 10.1. The summed E-state index contributed by atoms with van der Waals surface area (Å²) in [5.74, 6) is 6.61. The highest BCUT2D eigenvalue weighted by Gasteiger charge is 2.00. The molecule has 0 atom stereocenters. The summed E-state index contributed by atoms with van der Waals surface area (Å²) in [6.07, 6.45) is 0. The molecule has 102 valence electrons. The maximum absolute atomic E-state index is 13.0. The van der Waals surface area contributed by atoms with E-state index in [-0.39, 0.29) is 5.82 Å². The van der Waals surface area contributed by atoms with Crippen molar-refractivity contribution in [3.05, 3.63) is 65.0 Å². The second-order valence-electron chi connectivity index (χ2n) is 4.33. The molecule has 2 rings (SSSR count). The zero-order valence-corrected chi connectivity index (χ0v) is 11.9. The van der Waals surface area contributed by atoms with E-state index in [0.29, 0.717) is 12.5 Å². The molecule has 0 radical (unpaired) electrons. The molecule has 2 aromatic rings. The SMILES string of the molecule is Cc1cc(OCc2cccc(F)c2)ccc1C#CCCl. The molecule has 0 fully saturated rings. The van der Waals surface area contributed by atoms with Crippen LogP contribution in [-0.2, 0) is 6.61 Å². The third-order valence-electron chi connectivity index (χ3n) is 2.78. The van der Waals surface area contributed by atoms with Crippen LogP contribution >= 0.6 is 11.6 Å². The normalized spacial score (nSPS) is 9.75. The van der Waals surface area contributed by atoms with Gasteiger partial charge in [0.05, 0.1) is 5.88 Å². The molecular formula is C17H14ClFO. The zero-order chi connectivity index (χ0) is 14.4. The van der Waals surface area contributed by atoms with Crippen LogP contribution in [0.4, 0.5) is 4.39 Å². The van der Waals surface area contributed by atoms with Gasteiger partial charge in [-0.3, -0.25) is 0 Å². The highest BCUT2D eigenvalue weighted by Crippen LogP contribution is 2.18. The third-order valence-corrected chi connectivity index (χ3v) is 2.92. The number of ether oxygens (including phenoxy) is 1. The molecular weight excluding hydrogens is 275 g/mol. The molecule has 0 heterocycles. The fourth-order valence-electron chi connectivity index (χ4n) is 1.79. The van der Waals surface area contributed by atoms with Crippen molar-refractivity contribution in [1.82, 2.24) is 0 Å². The van der Waals surface area contributed by atoms with Crippen molar-refractivity contribution in [1.29, 1.82) is 0 Å². The topological polar surface area (TPSA) is 9.23 Å². The van der Waals surface area contributed by atoms with Crippen molar-refractivity contribution in [2.45, 2.75) is 13.5 Å². The van der Waals surface area contributed by atoms with Crippen molar-refractivity contribution < 1.29 is 9.13 Å². The lowest BCUT2D eigenvalue weighted by molar-refractivity contribution is 0.305. The van der Waals surface area contributed by atoms with Gasteiger partial charge < -0.3 is 4.74 Å². The van der Waals surface area contributed by atoms with Crippen molar-refractivity contribution in [2.75, 3.05) is 5.88 Å². The molecule has 0 amide bonds. The predicted octanol–water partition coefficient (Wildman–Crippen LogP) is 4.30. The van der Waals surface area contributed by atoms with Crippen molar-refractivity contribution in [3.63, 3.8) is 0 Å². The van der Waals surface area contributed by atoms with Gasteiger partial charge in [0.1, 0.15) is 18.2 Å². The summed E-state index contributed by atoms with van der Waals surface area (Å²) in [5, 5.41) is 0. The van der Waals surface area contributed by atoms with Gasteiger partial charge in [0.15, 0.2) is 0 Å². The summed E-state index contributed by atoms with van der Waals surface area (Å²) in [5.41, 5.74) is 2.76. The summed E-state index contributed by atoms with van der Waals surface area (Å²) in [6.45, 7) is 2.30. The Morgan fingerprint density at radius 1 is 1.20 bits per heavy atom. The van der Waals surface area contributed by atoms with Crippen LogP contribution in [0, 0.1) is 24.6 Å². The number of halogens is 2. The van der Waals surface area contributed by atoms with Crippen LogP contribution in [-0.4, -0.2) is 5.88 Å². The monoisotopic (exact) mass is 288 g/mol. The lowest BCUT2D eigenvalue weighted by Crippen LogP contribution is -1.96. The van der Waals surface area contributed by atoms with E-state index in [1.54, 1.807) is 6.07 Å². The molecule has 0 bridgehead atoms. The fraction of sp³-hybridized carbons (Fsp3) is 0.176. The molecule has 0 spiro atoms. The van der Waals surface area contributed by atoms with E-state index >= 15 is 0 Å². The second-order valence-corrected chi connectivity index (χ2v) is 4.60. The van der Waals surface area contributed by atoms with Crippen molar-refractivity contribution in [3.8, 4) is 17.6 Å². The van der Waals surface area contributed by atoms with E-state index in [4.69, 9.17) is 16.3 Å². The number of rotatable bonds is 3. The van der Waals surface area contributed by atoms with Gasteiger partial charge in [-0.05, 0) is 48.4 Å². The molecule has 2 aromatic carbocycles. The largest absolute Gasteiger partial charge is 0.489 e. The molecule has 3 heteroatoms. The average Bonchev–Trinajstić information content (AvgIpc) is 2.44. The number of benzene rings is 2. The quantitative estimate of drug-likeness (QED) is 0.604. The van der Waals surface area contributed by atoms with Crippen molar-refractivity contribution >= 4 is 11.6 Å². The van der Waals surface area contributed by atoms with Gasteiger partial charge in [0, 0.05) is 5.56 Å². The molecule has 20 heavy (non-hydrogen) atoms. The van der Waals surface area contributed by atoms with Gasteiger partial charge in [-0.2, -0.15) is 0 Å². The van der Waals surface area contributed by atoms with E-state index in [1.165, 1.54) is 12.1 Å². The molecule has 0 aromatic heterocycles. The van der Waals surface area contributed by atoms with E-state index in [9.17, 15) is 4.39 Å². The van der Waals surface area contributed by atoms with Crippen LogP contribution in [0.25, 0.3) is 0 Å². The van der Waals surface area contributed by atoms with Crippen LogP contribution in [0.1, 0.15) is 16.7 Å². The Labute approximate surface area is 123 Å². The summed E-state index contributed by atoms with van der Waals surface area (Å²) in [6, 6.07) is 12.0. The van der Waals surface area contributed by atoms with E-state index in [1.807, 2.05) is 31.2 Å². The third kappa shape index (κ3) is 4.01. The van der Waals surface area contributed by atoms with Gasteiger partial charge in [0.25, 0.3) is 0 Å². The Morgan fingerprint density at radius 2 is 2.05 bits per heavy atom. The fourth-order valence-corrected chi connectivity index (χ4v) is 1.86. The first-order valence-electron chi connectivity index (χ1n) is 6.22. The minimum absolute atomic E-state index is 0.256. The zero-order valence-electron chi connectivity index (χ0n) is 11.1. The number of hydrogen-bond donors (Lipinski definition) is 0. The lowest BCUT2D eigenvalue weighted by Gasteiger charge is -2.08. The van der Waals surface area contributed by atoms with Crippen LogP contribution < -0.4 is 4.74 Å². The smallest absolute Gasteiger partial charge is 0.123 e. The molecule has 0 aliphatic heterocycles. The van der Waals surface area contributed by atoms with E-state index < -0.39 is 0 Å². The van der Waals surface area contributed by atoms with Gasteiger partial charge in [-0.25, -0.2) is 4.39 Å². The summed E-state index contributed by atoms with van der Waals surface area (Å²) in [4.78, 5) is 0. The number of aryl methyl sites for hydroxylation is 1. The molecule has 0 aliphatic carbocycles. The molecule has 0 saturated heterocycles. The summed E-state index contributed by atoms with van der Waals surface area (Å²) >= 11 is 5.54. The van der Waals surface area contributed by atoms with E-state index in [0.717, 1.165) is 22.4 Å². The van der Waals surface area contributed by atoms with E-state index in [2.05, 4.69) is 11.8 Å². The Bertz CT molecular complexity index is 656. The highest BCUT2D eigenvalue weighted by molar-refractivity contribution is 6.19. The van der Waals surface area contributed by atoms with Crippen LogP contribution in [0.3, 0.4) is 0 Å². The molecule has 0 aliphatic rings. The van der Waals surface area contributed by atoms with Crippen LogP contribution in [0.5, 0.6) is 5.75 Å². The van der Waals surface area contributed by atoms with Crippen LogP contribution in [0.15, 0.2) is 42.5 Å². The van der Waals surface area contributed by atoms with Crippen LogP contribution in [0.2, 0.25) is 0 Å². The maximum atomic E-state index is 13.0. The van der Waals surface area contributed by atoms with Gasteiger partial charge >= 0.3 is 0 Å². The second kappa shape index (κ2) is 6.98. The Balaban J connectivity index is 2.05. The standard InChI is InChI=1S/C17H14ClFO/c1-13-10-17(8-7-15(13)5-3-9-18)20-12-14-4-2-6-16(19)11-14/h2,4,6-8,10-11H,9,12H2,1H3. The number of alkyl halides is 1. The van der Waals surface area contributed by atoms with Gasteiger partial charge in [-0.15, -0.1) is 11.6 Å². The summed E-state index contributed by atoms with van der Waals surface area (Å²) < 4.78 is 18.7. The molecule has 1 nitrogen and oxygen atoms in total. The highest BCUT2D eigenvalue weighted by atomic mass is 35.5. The minimum atomic E-state index is -0.256. The molecule has 0 saturated carbocycles. The first kappa shape index (κ1) is 14.4. The summed E-state index contributed by atoms with van der Waals surface area (Å²) in [7, 11) is 0. The first-order valence-corrected chi connectivity index (χ1v) is 6.75. The molecule has 0 unspecified atom stereocenters. The first-order chi connectivity index (χ1) is 9.69. The Hall–Kier alpha value is -1.98. The minimum Gasteiger partial charge on any atom is -0.489 e. The Morgan fingerprint density at radius 3 is 2.75 bits per heavy atom. The van der Waals surface area contributed by atoms with Crippen molar-refractivity contribution in [2.24, 2.45) is 0 Å². The molecule has 0 N–H and O–H groups in total. The Kier molecular flexibility index (Phi) is 5.03. The maximum Gasteiger partial charge on any atom is 0.123 e.